The first-order valence-corrected chi connectivity index (χ1v) is 9.28. The summed E-state index contributed by atoms with van der Waals surface area (Å²) in [5, 5.41) is 12.1. The van der Waals surface area contributed by atoms with Crippen LogP contribution in [0.3, 0.4) is 0 Å². The van der Waals surface area contributed by atoms with Crippen LogP contribution < -0.4 is 21.3 Å². The molecule has 0 aliphatic carbocycles. The average Bonchev–Trinajstić information content (AvgIpc) is 2.59. The highest BCUT2D eigenvalue weighted by molar-refractivity contribution is 6.42. The van der Waals surface area contributed by atoms with Crippen LogP contribution in [0.25, 0.3) is 0 Å². The number of nitrogens with one attached hydrogen (secondary N) is 4. The van der Waals surface area contributed by atoms with Gasteiger partial charge < -0.3 is 21.3 Å². The van der Waals surface area contributed by atoms with E-state index in [1.54, 1.807) is 31.2 Å². The first-order chi connectivity index (χ1) is 12.7. The van der Waals surface area contributed by atoms with E-state index < -0.39 is 12.1 Å². The quantitative estimate of drug-likeness (QED) is 0.476. The highest BCUT2D eigenvalue weighted by Gasteiger charge is 2.10. The predicted octanol–water partition coefficient (Wildman–Crippen LogP) is 5.63. The van der Waals surface area contributed by atoms with Crippen LogP contribution >= 0.6 is 46.4 Å². The molecule has 10 heteroatoms. The number of carbonyl (C=O) groups excluding carboxylic acids is 2. The summed E-state index contributed by atoms with van der Waals surface area (Å²) in [4.78, 5) is 23.9. The van der Waals surface area contributed by atoms with Crippen LogP contribution in [0.4, 0.5) is 21.0 Å². The summed E-state index contributed by atoms with van der Waals surface area (Å²) in [5.41, 5.74) is 0.999. The maximum atomic E-state index is 12.0. The Hall–Kier alpha value is -1.86. The van der Waals surface area contributed by atoms with E-state index in [1.165, 1.54) is 12.1 Å². The van der Waals surface area contributed by atoms with Crippen molar-refractivity contribution in [3.8, 4) is 0 Å². The smallest absolute Gasteiger partial charge is 0.319 e. The number of benzene rings is 2. The van der Waals surface area contributed by atoms with Crippen molar-refractivity contribution in [2.24, 2.45) is 0 Å². The van der Waals surface area contributed by atoms with Gasteiger partial charge in [-0.25, -0.2) is 9.59 Å². The van der Waals surface area contributed by atoms with Gasteiger partial charge in [-0.15, -0.1) is 0 Å². The Kier molecular flexibility index (Phi) is 7.86. The summed E-state index contributed by atoms with van der Waals surface area (Å²) in [6.45, 7) is 1.95. The van der Waals surface area contributed by atoms with Crippen LogP contribution in [0.15, 0.2) is 36.4 Å². The van der Waals surface area contributed by atoms with Crippen molar-refractivity contribution in [3.63, 3.8) is 0 Å². The molecule has 0 aromatic heterocycles. The lowest BCUT2D eigenvalue weighted by Crippen LogP contribution is -2.44. The SMILES string of the molecule is C[C@H](CNC(=O)Nc1ccc(Cl)c(Cl)c1)NC(=O)Nc1ccc(Cl)c(Cl)c1. The van der Waals surface area contributed by atoms with Gasteiger partial charge in [-0.2, -0.15) is 0 Å². The number of hydrogen-bond acceptors (Lipinski definition) is 2. The Balaban J connectivity index is 1.76. The highest BCUT2D eigenvalue weighted by atomic mass is 35.5. The molecular weight excluding hydrogens is 434 g/mol. The normalized spacial score (nSPS) is 11.4. The fraction of sp³-hybridized carbons (Fsp3) is 0.176. The Morgan fingerprint density at radius 3 is 1.78 bits per heavy atom. The number of rotatable bonds is 5. The second kappa shape index (κ2) is 9.90. The van der Waals surface area contributed by atoms with E-state index in [9.17, 15) is 9.59 Å². The molecule has 0 radical (unpaired) electrons. The Bertz CT molecular complexity index is 848. The molecule has 0 saturated heterocycles. The molecule has 27 heavy (non-hydrogen) atoms. The molecule has 0 aliphatic heterocycles. The van der Waals surface area contributed by atoms with E-state index in [0.717, 1.165) is 0 Å². The largest absolute Gasteiger partial charge is 0.336 e. The number of amides is 4. The van der Waals surface area contributed by atoms with Gasteiger partial charge in [-0.1, -0.05) is 46.4 Å². The molecule has 0 unspecified atom stereocenters. The van der Waals surface area contributed by atoms with Gasteiger partial charge in [0, 0.05) is 24.0 Å². The first-order valence-electron chi connectivity index (χ1n) is 7.77. The van der Waals surface area contributed by atoms with Crippen LogP contribution in [0.1, 0.15) is 6.92 Å². The van der Waals surface area contributed by atoms with Crippen molar-refractivity contribution < 1.29 is 9.59 Å². The first kappa shape index (κ1) is 21.4. The maximum absolute atomic E-state index is 12.0. The van der Waals surface area contributed by atoms with Crippen molar-refractivity contribution in [2.75, 3.05) is 17.2 Å². The van der Waals surface area contributed by atoms with Crippen LogP contribution in [0.5, 0.6) is 0 Å². The lowest BCUT2D eigenvalue weighted by molar-refractivity contribution is 0.244. The molecule has 4 amide bonds. The maximum Gasteiger partial charge on any atom is 0.319 e. The molecular formula is C17H16Cl4N4O2. The molecule has 2 rings (SSSR count). The molecule has 6 nitrogen and oxygen atoms in total. The summed E-state index contributed by atoms with van der Waals surface area (Å²) < 4.78 is 0. The third-order valence-corrected chi connectivity index (χ3v) is 4.78. The van der Waals surface area contributed by atoms with Crippen LogP contribution in [0, 0.1) is 0 Å². The summed E-state index contributed by atoms with van der Waals surface area (Å²) in [6.07, 6.45) is 0. The zero-order chi connectivity index (χ0) is 20.0. The second-order valence-corrected chi connectivity index (χ2v) is 7.22. The number of halogens is 4. The van der Waals surface area contributed by atoms with Crippen LogP contribution in [-0.4, -0.2) is 24.6 Å². The lowest BCUT2D eigenvalue weighted by atomic mass is 10.3. The lowest BCUT2D eigenvalue weighted by Gasteiger charge is -2.16. The molecule has 0 heterocycles. The fourth-order valence-corrected chi connectivity index (χ4v) is 2.61. The van der Waals surface area contributed by atoms with Crippen molar-refractivity contribution in [1.82, 2.24) is 10.6 Å². The van der Waals surface area contributed by atoms with E-state index in [1.807, 2.05) is 0 Å². The number of anilines is 2. The number of hydrogen-bond donors (Lipinski definition) is 4. The van der Waals surface area contributed by atoms with Gasteiger partial charge in [0.2, 0.25) is 0 Å². The molecule has 2 aromatic carbocycles. The molecule has 144 valence electrons. The second-order valence-electron chi connectivity index (χ2n) is 5.59. The van der Waals surface area contributed by atoms with Gasteiger partial charge >= 0.3 is 12.1 Å². The number of carbonyl (C=O) groups is 2. The Morgan fingerprint density at radius 1 is 0.815 bits per heavy atom. The van der Waals surface area contributed by atoms with E-state index in [-0.39, 0.29) is 12.6 Å². The fourth-order valence-electron chi connectivity index (χ4n) is 2.01. The van der Waals surface area contributed by atoms with Gasteiger partial charge in [0.05, 0.1) is 20.1 Å². The van der Waals surface area contributed by atoms with Crippen molar-refractivity contribution in [2.45, 2.75) is 13.0 Å². The molecule has 0 saturated carbocycles. The molecule has 2 aromatic rings. The van der Waals surface area contributed by atoms with Crippen LogP contribution in [0.2, 0.25) is 20.1 Å². The Labute approximate surface area is 176 Å². The molecule has 0 spiro atoms. The standard InChI is InChI=1S/C17H16Cl4N4O2/c1-9(23-17(27)25-11-3-5-13(19)15(21)7-11)8-22-16(26)24-10-2-4-12(18)14(20)6-10/h2-7,9H,8H2,1H3,(H2,22,24,26)(H2,23,25,27)/t9-/m1/s1. The average molecular weight is 450 g/mol. The van der Waals surface area contributed by atoms with E-state index in [0.29, 0.717) is 31.5 Å². The summed E-state index contributed by atoms with van der Waals surface area (Å²) in [7, 11) is 0. The van der Waals surface area contributed by atoms with E-state index in [2.05, 4.69) is 21.3 Å². The van der Waals surface area contributed by atoms with Gasteiger partial charge in [0.15, 0.2) is 0 Å². The molecule has 1 atom stereocenters. The minimum Gasteiger partial charge on any atom is -0.336 e. The zero-order valence-corrected chi connectivity index (χ0v) is 17.1. The molecule has 0 aliphatic rings. The summed E-state index contributed by atoms with van der Waals surface area (Å²) in [5.74, 6) is 0. The van der Waals surface area contributed by atoms with Gasteiger partial charge in [-0.3, -0.25) is 0 Å². The topological polar surface area (TPSA) is 82.3 Å². The van der Waals surface area contributed by atoms with E-state index >= 15 is 0 Å². The van der Waals surface area contributed by atoms with E-state index in [4.69, 9.17) is 46.4 Å². The van der Waals surface area contributed by atoms with Crippen molar-refractivity contribution in [1.29, 1.82) is 0 Å². The molecule has 0 fully saturated rings. The number of urea groups is 2. The van der Waals surface area contributed by atoms with Gasteiger partial charge in [0.1, 0.15) is 0 Å². The van der Waals surface area contributed by atoms with Gasteiger partial charge in [-0.05, 0) is 43.3 Å². The van der Waals surface area contributed by atoms with Crippen molar-refractivity contribution >= 4 is 69.8 Å². The zero-order valence-electron chi connectivity index (χ0n) is 14.1. The molecule has 0 bridgehead atoms. The predicted molar refractivity (Wildman–Crippen MR) is 112 cm³/mol. The monoisotopic (exact) mass is 448 g/mol. The third-order valence-electron chi connectivity index (χ3n) is 3.30. The summed E-state index contributed by atoms with van der Waals surface area (Å²) in [6, 6.07) is 8.29. The van der Waals surface area contributed by atoms with Crippen LogP contribution in [-0.2, 0) is 0 Å². The summed E-state index contributed by atoms with van der Waals surface area (Å²) >= 11 is 23.4. The third kappa shape index (κ3) is 6.99. The minimum absolute atomic E-state index is 0.210. The highest BCUT2D eigenvalue weighted by Crippen LogP contribution is 2.25. The molecule has 4 N–H and O–H groups in total. The Morgan fingerprint density at radius 2 is 1.30 bits per heavy atom. The van der Waals surface area contributed by atoms with Gasteiger partial charge in [0.25, 0.3) is 0 Å². The van der Waals surface area contributed by atoms with Crippen molar-refractivity contribution in [3.05, 3.63) is 56.5 Å². The minimum atomic E-state index is -0.438.